The van der Waals surface area contributed by atoms with Crippen molar-refractivity contribution in [3.8, 4) is 0 Å². The fourth-order valence-electron chi connectivity index (χ4n) is 5.75. The first-order valence-corrected chi connectivity index (χ1v) is 13.7. The Bertz CT molecular complexity index is 366. The monoisotopic (exact) mass is 406 g/mol. The minimum absolute atomic E-state index is 0.700. The summed E-state index contributed by atoms with van der Waals surface area (Å²) in [6.45, 7) is 13.9. The molecule has 0 aromatic rings. The van der Waals surface area contributed by atoms with Crippen LogP contribution in [0.5, 0.6) is 0 Å². The molecule has 0 aromatic heterocycles. The van der Waals surface area contributed by atoms with Crippen LogP contribution in [0.2, 0.25) is 0 Å². The third-order valence-electron chi connectivity index (χ3n) is 7.57. The van der Waals surface area contributed by atoms with Gasteiger partial charge in [-0.3, -0.25) is 4.90 Å². The SMILES string of the molecule is CCCCCCCC(CCCCCCC)N1CC2(CN(CCCCCCC)C2)C1. The van der Waals surface area contributed by atoms with Gasteiger partial charge in [0.25, 0.3) is 0 Å². The van der Waals surface area contributed by atoms with Crippen LogP contribution in [-0.2, 0) is 0 Å². The fourth-order valence-corrected chi connectivity index (χ4v) is 5.75. The summed E-state index contributed by atoms with van der Waals surface area (Å²) < 4.78 is 0. The van der Waals surface area contributed by atoms with E-state index in [9.17, 15) is 0 Å². The lowest BCUT2D eigenvalue weighted by atomic mass is 9.71. The molecule has 0 aromatic carbocycles. The Balaban J connectivity index is 1.61. The molecular formula is C27H54N2. The molecule has 2 saturated heterocycles. The molecule has 2 aliphatic rings. The van der Waals surface area contributed by atoms with Crippen molar-refractivity contribution in [2.45, 2.75) is 136 Å². The highest BCUT2D eigenvalue weighted by atomic mass is 15.3. The van der Waals surface area contributed by atoms with Crippen molar-refractivity contribution in [1.29, 1.82) is 0 Å². The summed E-state index contributed by atoms with van der Waals surface area (Å²) in [7, 11) is 0. The van der Waals surface area contributed by atoms with E-state index >= 15 is 0 Å². The second-order valence-electron chi connectivity index (χ2n) is 10.6. The molecular weight excluding hydrogens is 352 g/mol. The van der Waals surface area contributed by atoms with E-state index in [1.165, 1.54) is 142 Å². The predicted octanol–water partition coefficient (Wildman–Crippen LogP) is 7.66. The molecule has 2 heteroatoms. The van der Waals surface area contributed by atoms with Crippen molar-refractivity contribution >= 4 is 0 Å². The number of hydrogen-bond donors (Lipinski definition) is 0. The van der Waals surface area contributed by atoms with Crippen LogP contribution in [-0.4, -0.2) is 48.6 Å². The zero-order valence-electron chi connectivity index (χ0n) is 20.5. The average molecular weight is 407 g/mol. The predicted molar refractivity (Wildman–Crippen MR) is 130 cm³/mol. The highest BCUT2D eigenvalue weighted by Gasteiger charge is 2.52. The van der Waals surface area contributed by atoms with Crippen LogP contribution in [0.25, 0.3) is 0 Å². The first-order valence-electron chi connectivity index (χ1n) is 13.7. The molecule has 0 atom stereocenters. The van der Waals surface area contributed by atoms with Gasteiger partial charge in [-0.2, -0.15) is 0 Å². The highest BCUT2D eigenvalue weighted by molar-refractivity contribution is 5.06. The number of hydrogen-bond acceptors (Lipinski definition) is 2. The van der Waals surface area contributed by atoms with Gasteiger partial charge in [0.1, 0.15) is 0 Å². The van der Waals surface area contributed by atoms with Gasteiger partial charge in [-0.05, 0) is 25.8 Å². The van der Waals surface area contributed by atoms with Crippen LogP contribution in [0.3, 0.4) is 0 Å². The third kappa shape index (κ3) is 9.30. The molecule has 2 fully saturated rings. The quantitative estimate of drug-likeness (QED) is 0.203. The van der Waals surface area contributed by atoms with E-state index in [1.54, 1.807) is 0 Å². The smallest absolute Gasteiger partial charge is 0.0212 e. The van der Waals surface area contributed by atoms with Gasteiger partial charge in [0, 0.05) is 37.6 Å². The van der Waals surface area contributed by atoms with Crippen LogP contribution in [0.1, 0.15) is 130 Å². The lowest BCUT2D eigenvalue weighted by Gasteiger charge is -2.62. The molecule has 2 aliphatic heterocycles. The second-order valence-corrected chi connectivity index (χ2v) is 10.6. The summed E-state index contributed by atoms with van der Waals surface area (Å²) >= 11 is 0. The second kappa shape index (κ2) is 14.8. The van der Waals surface area contributed by atoms with Gasteiger partial charge >= 0.3 is 0 Å². The minimum atomic E-state index is 0.700. The Morgan fingerprint density at radius 1 is 0.552 bits per heavy atom. The molecule has 172 valence electrons. The van der Waals surface area contributed by atoms with E-state index < -0.39 is 0 Å². The Morgan fingerprint density at radius 2 is 1.00 bits per heavy atom. The largest absolute Gasteiger partial charge is 0.302 e. The number of nitrogens with zero attached hydrogens (tertiary/aromatic N) is 2. The Morgan fingerprint density at radius 3 is 1.48 bits per heavy atom. The lowest BCUT2D eigenvalue weighted by molar-refractivity contribution is -0.132. The lowest BCUT2D eigenvalue weighted by Crippen LogP contribution is -2.73. The van der Waals surface area contributed by atoms with Crippen molar-refractivity contribution in [2.75, 3.05) is 32.7 Å². The molecule has 0 saturated carbocycles. The zero-order valence-corrected chi connectivity index (χ0v) is 20.5. The fraction of sp³-hybridized carbons (Fsp3) is 1.00. The van der Waals surface area contributed by atoms with E-state index in [-0.39, 0.29) is 0 Å². The van der Waals surface area contributed by atoms with Crippen molar-refractivity contribution in [1.82, 2.24) is 9.80 Å². The Hall–Kier alpha value is -0.0800. The maximum absolute atomic E-state index is 2.89. The van der Waals surface area contributed by atoms with Gasteiger partial charge in [0.2, 0.25) is 0 Å². The van der Waals surface area contributed by atoms with Crippen molar-refractivity contribution in [3.05, 3.63) is 0 Å². The van der Waals surface area contributed by atoms with Crippen LogP contribution in [0.15, 0.2) is 0 Å². The van der Waals surface area contributed by atoms with Crippen molar-refractivity contribution < 1.29 is 0 Å². The molecule has 0 unspecified atom stereocenters. The van der Waals surface area contributed by atoms with Crippen LogP contribution in [0.4, 0.5) is 0 Å². The standard InChI is InChI=1S/C27H54N2/c1-4-7-10-13-16-19-26(20-17-14-11-8-5-2)29-24-27(25-29)22-28(23-27)21-18-15-12-9-6-3/h26H,4-25H2,1-3H3. The molecule has 0 amide bonds. The zero-order chi connectivity index (χ0) is 20.8. The first kappa shape index (κ1) is 25.2. The summed E-state index contributed by atoms with van der Waals surface area (Å²) in [5, 5.41) is 0. The topological polar surface area (TPSA) is 6.48 Å². The molecule has 0 bridgehead atoms. The summed E-state index contributed by atoms with van der Waals surface area (Å²) in [4.78, 5) is 5.63. The minimum Gasteiger partial charge on any atom is -0.302 e. The van der Waals surface area contributed by atoms with E-state index in [0.717, 1.165) is 6.04 Å². The highest BCUT2D eigenvalue weighted by Crippen LogP contribution is 2.42. The molecule has 29 heavy (non-hydrogen) atoms. The van der Waals surface area contributed by atoms with Crippen LogP contribution in [0, 0.1) is 5.41 Å². The third-order valence-corrected chi connectivity index (χ3v) is 7.57. The first-order chi connectivity index (χ1) is 14.2. The Kier molecular flexibility index (Phi) is 12.9. The number of unbranched alkanes of at least 4 members (excludes halogenated alkanes) is 12. The maximum Gasteiger partial charge on any atom is 0.0212 e. The van der Waals surface area contributed by atoms with Gasteiger partial charge in [0.15, 0.2) is 0 Å². The molecule has 0 N–H and O–H groups in total. The summed E-state index contributed by atoms with van der Waals surface area (Å²) in [6, 6.07) is 0.895. The van der Waals surface area contributed by atoms with E-state index in [4.69, 9.17) is 0 Å². The number of rotatable bonds is 19. The maximum atomic E-state index is 2.89. The van der Waals surface area contributed by atoms with E-state index in [2.05, 4.69) is 30.6 Å². The average Bonchev–Trinajstić information content (AvgIpc) is 2.66. The van der Waals surface area contributed by atoms with E-state index in [0.29, 0.717) is 5.41 Å². The van der Waals surface area contributed by atoms with E-state index in [1.807, 2.05) is 0 Å². The Labute approximate surface area is 184 Å². The van der Waals surface area contributed by atoms with Crippen LogP contribution >= 0.6 is 0 Å². The van der Waals surface area contributed by atoms with Gasteiger partial charge in [0.05, 0.1) is 0 Å². The normalized spacial score (nSPS) is 19.0. The summed E-state index contributed by atoms with van der Waals surface area (Å²) in [6.07, 6.45) is 24.4. The molecule has 0 radical (unpaired) electrons. The number of likely N-dealkylation sites (tertiary alicyclic amines) is 2. The van der Waals surface area contributed by atoms with Crippen LogP contribution < -0.4 is 0 Å². The molecule has 2 heterocycles. The van der Waals surface area contributed by atoms with Gasteiger partial charge < -0.3 is 4.90 Å². The van der Waals surface area contributed by atoms with Crippen molar-refractivity contribution in [2.24, 2.45) is 5.41 Å². The molecule has 2 nitrogen and oxygen atoms in total. The van der Waals surface area contributed by atoms with Gasteiger partial charge in [-0.1, -0.05) is 111 Å². The van der Waals surface area contributed by atoms with Gasteiger partial charge in [-0.15, -0.1) is 0 Å². The molecule has 0 aliphatic carbocycles. The van der Waals surface area contributed by atoms with Crippen molar-refractivity contribution in [3.63, 3.8) is 0 Å². The summed E-state index contributed by atoms with van der Waals surface area (Å²) in [5.74, 6) is 0. The summed E-state index contributed by atoms with van der Waals surface area (Å²) in [5.41, 5.74) is 0.700. The molecule has 2 rings (SSSR count). The molecule has 1 spiro atoms. The van der Waals surface area contributed by atoms with Gasteiger partial charge in [-0.25, -0.2) is 0 Å².